The number of nitrogens with one attached hydrogen (secondary N) is 4. The second-order valence-electron chi connectivity index (χ2n) is 28.2. The van der Waals surface area contributed by atoms with Gasteiger partial charge in [0.2, 0.25) is 65.0 Å². The maximum atomic E-state index is 15.5. The third kappa shape index (κ3) is 24.8. The van der Waals surface area contributed by atoms with Crippen LogP contribution in [0.3, 0.4) is 0 Å². The van der Waals surface area contributed by atoms with E-state index in [1.165, 1.54) is 94.6 Å². The fraction of sp³-hybridized carbons (Fsp3) is 0.821. The average molecular weight is 1300 g/mol. The third-order valence-corrected chi connectivity index (χ3v) is 17.5. The summed E-state index contributed by atoms with van der Waals surface area (Å²) in [5.41, 5.74) is 5.78. The Hall–Kier alpha value is -6.40. The number of rotatable bonds is 21. The predicted molar refractivity (Wildman–Crippen MR) is 355 cm³/mol. The van der Waals surface area contributed by atoms with Crippen LogP contribution in [0.25, 0.3) is 0 Å². The summed E-state index contributed by atoms with van der Waals surface area (Å²) in [6.45, 7) is 29.5. The number of ether oxygens (including phenoxy) is 1. The largest absolute Gasteiger partial charge is 0.460 e. The fourth-order valence-electron chi connectivity index (χ4n) is 11.8. The van der Waals surface area contributed by atoms with Gasteiger partial charge in [-0.15, -0.1) is 0 Å². The minimum Gasteiger partial charge on any atom is -0.460 e. The molecule has 1 aliphatic rings. The highest BCUT2D eigenvalue weighted by Gasteiger charge is 2.47. The van der Waals surface area contributed by atoms with Crippen molar-refractivity contribution in [1.29, 1.82) is 0 Å². The Bertz CT molecular complexity index is 2470. The Labute approximate surface area is 551 Å². The van der Waals surface area contributed by atoms with E-state index in [1.54, 1.807) is 41.5 Å². The van der Waals surface area contributed by atoms with Crippen molar-refractivity contribution in [2.45, 2.75) is 255 Å². The van der Waals surface area contributed by atoms with Crippen LogP contribution in [-0.2, 0) is 62.3 Å². The fourth-order valence-corrected chi connectivity index (χ4v) is 11.8. The number of hydrogen-bond acceptors (Lipinski definition) is 14. The predicted octanol–water partition coefficient (Wildman–Crippen LogP) is 4.17. The van der Waals surface area contributed by atoms with Gasteiger partial charge in [-0.3, -0.25) is 57.5 Å². The van der Waals surface area contributed by atoms with Crippen molar-refractivity contribution in [2.75, 3.05) is 62.4 Å². The molecule has 0 aromatic rings. The summed E-state index contributed by atoms with van der Waals surface area (Å²) in [7, 11) is 9.96. The smallest absolute Gasteiger partial charge is 0.303 e. The van der Waals surface area contributed by atoms with Gasteiger partial charge in [-0.05, 0) is 113 Å². The number of esters is 1. The maximum Gasteiger partial charge on any atom is 0.303 e. The van der Waals surface area contributed by atoms with Gasteiger partial charge in [0, 0.05) is 56.3 Å². The van der Waals surface area contributed by atoms with E-state index < -0.39 is 162 Å². The van der Waals surface area contributed by atoms with Crippen molar-refractivity contribution < 1.29 is 62.3 Å². The molecule has 12 atom stereocenters. The van der Waals surface area contributed by atoms with Gasteiger partial charge >= 0.3 is 5.97 Å². The van der Waals surface area contributed by atoms with Crippen molar-refractivity contribution in [1.82, 2.24) is 55.6 Å². The summed E-state index contributed by atoms with van der Waals surface area (Å²) in [6.07, 6.45) is 3.33. The normalized spacial score (nSPS) is 25.6. The summed E-state index contributed by atoms with van der Waals surface area (Å²) in [5, 5.41) is 11.1. The minimum atomic E-state index is -1.59. The van der Waals surface area contributed by atoms with Crippen LogP contribution in [0.4, 0.5) is 0 Å². The molecule has 0 unspecified atom stereocenters. The number of carbonyl (C=O) groups is 12. The quantitative estimate of drug-likeness (QED) is 0.0796. The Balaban J connectivity index is 4.46. The molecule has 528 valence electrons. The van der Waals surface area contributed by atoms with E-state index in [2.05, 4.69) is 21.3 Å². The van der Waals surface area contributed by atoms with Crippen LogP contribution < -0.4 is 27.0 Å². The zero-order chi connectivity index (χ0) is 71.1. The molecule has 11 amide bonds. The molecule has 0 aromatic heterocycles. The lowest BCUT2D eigenvalue weighted by Gasteiger charge is -2.42. The molecule has 0 aliphatic carbocycles. The third-order valence-electron chi connectivity index (χ3n) is 17.5. The Kier molecular flexibility index (Phi) is 35.8. The number of nitrogens with two attached hydrogens (primary N) is 1. The van der Waals surface area contributed by atoms with Crippen molar-refractivity contribution in [2.24, 2.45) is 47.2 Å². The summed E-state index contributed by atoms with van der Waals surface area (Å²) in [6, 6.07) is -12.5. The summed E-state index contributed by atoms with van der Waals surface area (Å²) in [4.78, 5) is 184. The van der Waals surface area contributed by atoms with Gasteiger partial charge in [0.25, 0.3) is 0 Å². The molecule has 0 spiro atoms. The van der Waals surface area contributed by atoms with E-state index >= 15 is 19.2 Å². The zero-order valence-electron chi connectivity index (χ0n) is 60.6. The van der Waals surface area contributed by atoms with Gasteiger partial charge in [-0.25, -0.2) is 0 Å². The lowest BCUT2D eigenvalue weighted by Crippen LogP contribution is -2.64. The number of unbranched alkanes of at least 4 members (excludes halogenated alkanes) is 3. The van der Waals surface area contributed by atoms with E-state index in [0.717, 1.165) is 29.1 Å². The second-order valence-corrected chi connectivity index (χ2v) is 28.2. The van der Waals surface area contributed by atoms with Crippen molar-refractivity contribution >= 4 is 70.9 Å². The summed E-state index contributed by atoms with van der Waals surface area (Å²) >= 11 is 0. The first-order valence-corrected chi connectivity index (χ1v) is 33.5. The van der Waals surface area contributed by atoms with Crippen LogP contribution in [0.1, 0.15) is 188 Å². The molecule has 1 heterocycles. The highest BCUT2D eigenvalue weighted by atomic mass is 16.5. The molecule has 0 radical (unpaired) electrons. The standard InChI is InChI=1S/C67H122N12O13/c1-25-48-63(87)73(18)37-53(81)74(19)50(34-39(4)5)60(84)72-54(42(10)11)66(90)75(20)49(32-31-38(2)3)59(83)69-45(15)58(82)70-46(16)62(86)76(21)51(35-40(6)7)64(88)77(22)52(36-41(8)9)65(89)78(23)55(43(12)13)67(91)79(24)56(61(85)71-48)57(92-47(17)80)44(14)30-28-26-27-29-33-68/h38-46,48-52,54-57H,25-37,68H2,1-24H3,(H,69,83)(H,70,82)(H,71,85)(H,72,84)/t44-,45-,46+,48+,49-,50+,51+,52+,54-,55+,56+,57-/m1/s1. The van der Waals surface area contributed by atoms with Crippen LogP contribution in [0.5, 0.6) is 0 Å². The molecule has 1 fully saturated rings. The van der Waals surface area contributed by atoms with Crippen molar-refractivity contribution in [3.05, 3.63) is 0 Å². The topological polar surface area (TPSA) is 311 Å². The van der Waals surface area contributed by atoms with Gasteiger partial charge in [0.15, 0.2) is 0 Å². The Morgan fingerprint density at radius 3 is 1.42 bits per heavy atom. The summed E-state index contributed by atoms with van der Waals surface area (Å²) in [5.74, 6) is -10.3. The van der Waals surface area contributed by atoms with E-state index in [-0.39, 0.29) is 55.8 Å². The number of nitrogens with zero attached hydrogens (tertiary/aromatic N) is 7. The molecule has 1 aliphatic heterocycles. The molecule has 0 aromatic carbocycles. The summed E-state index contributed by atoms with van der Waals surface area (Å²) < 4.78 is 6.03. The zero-order valence-corrected chi connectivity index (χ0v) is 60.6. The monoisotopic (exact) mass is 1300 g/mol. The first kappa shape index (κ1) is 83.6. The number of amides is 11. The molecule has 1 saturated heterocycles. The lowest BCUT2D eigenvalue weighted by molar-refractivity contribution is -0.164. The highest BCUT2D eigenvalue weighted by molar-refractivity contribution is 5.99. The van der Waals surface area contributed by atoms with Gasteiger partial charge in [0.1, 0.15) is 66.5 Å². The van der Waals surface area contributed by atoms with Gasteiger partial charge in [-0.1, -0.05) is 116 Å². The van der Waals surface area contributed by atoms with Crippen LogP contribution in [0, 0.1) is 41.4 Å². The molecule has 92 heavy (non-hydrogen) atoms. The molecular formula is C67H122N12O13. The van der Waals surface area contributed by atoms with E-state index in [4.69, 9.17) is 10.5 Å². The number of carbonyl (C=O) groups excluding carboxylic acids is 12. The highest BCUT2D eigenvalue weighted by Crippen LogP contribution is 2.28. The molecule has 0 saturated carbocycles. The van der Waals surface area contributed by atoms with E-state index in [1.807, 2.05) is 55.4 Å². The average Bonchev–Trinajstić information content (AvgIpc) is 0.805. The van der Waals surface area contributed by atoms with Crippen LogP contribution in [0.2, 0.25) is 0 Å². The second kappa shape index (κ2) is 39.3. The van der Waals surface area contributed by atoms with E-state index in [9.17, 15) is 38.4 Å². The van der Waals surface area contributed by atoms with Crippen molar-refractivity contribution in [3.63, 3.8) is 0 Å². The van der Waals surface area contributed by atoms with Gasteiger partial charge < -0.3 is 66.0 Å². The number of likely N-dealkylation sites (N-methyl/N-ethyl adjacent to an activating group) is 7. The molecule has 6 N–H and O–H groups in total. The van der Waals surface area contributed by atoms with Crippen LogP contribution >= 0.6 is 0 Å². The molecular weight excluding hydrogens is 1180 g/mol. The Morgan fingerprint density at radius 1 is 0.478 bits per heavy atom. The Morgan fingerprint density at radius 2 is 0.946 bits per heavy atom. The first-order chi connectivity index (χ1) is 42.6. The maximum absolute atomic E-state index is 15.5. The minimum absolute atomic E-state index is 0.0000626. The SMILES string of the molecule is CC[C@@H]1NC(=O)[C@H]([C@H](OC(C)=O)[C@H](C)CCCCCCN)N(C)C(=O)[C@H](C(C)C)N(C)C(=O)[C@H](CC(C)C)N(C)C(=O)[C@H](CC(C)C)N(C)C(=O)[C@H](C)NC(=O)[C@@H](C)NC(=O)[C@@H](CCC(C)C)N(C)C(=O)[C@@H](C(C)C)NC(=O)[C@H](CC(C)C)N(C)C(=O)CN(C)C1=O. The number of hydrogen-bond donors (Lipinski definition) is 5. The van der Waals surface area contributed by atoms with Gasteiger partial charge in [0.05, 0.1) is 6.54 Å². The molecule has 0 bridgehead atoms. The molecule has 1 rings (SSSR count). The van der Waals surface area contributed by atoms with Crippen molar-refractivity contribution in [3.8, 4) is 0 Å². The first-order valence-electron chi connectivity index (χ1n) is 33.5. The molecule has 25 heteroatoms. The van der Waals surface area contributed by atoms with Crippen LogP contribution in [0.15, 0.2) is 0 Å². The van der Waals surface area contributed by atoms with E-state index in [0.29, 0.717) is 25.8 Å². The van der Waals surface area contributed by atoms with Crippen LogP contribution in [-0.4, -0.2) is 234 Å². The van der Waals surface area contributed by atoms with Gasteiger partial charge in [-0.2, -0.15) is 0 Å². The lowest BCUT2D eigenvalue weighted by atomic mass is 9.89. The molecule has 25 nitrogen and oxygen atoms in total.